The molecule has 0 radical (unpaired) electrons. The summed E-state index contributed by atoms with van der Waals surface area (Å²) in [4.78, 5) is 0.198. The number of rotatable bonds is 5. The Labute approximate surface area is 110 Å². The highest BCUT2D eigenvalue weighted by atomic mass is 79.9. The Bertz CT molecular complexity index is 468. The van der Waals surface area contributed by atoms with Crippen LogP contribution in [0.2, 0.25) is 0 Å². The molecule has 17 heavy (non-hydrogen) atoms. The molecule has 96 valence electrons. The van der Waals surface area contributed by atoms with E-state index < -0.39 is 15.6 Å². The maximum Gasteiger partial charge on any atom is 0.241 e. The van der Waals surface area contributed by atoms with Gasteiger partial charge in [-0.15, -0.1) is 0 Å². The number of alkyl halides is 1. The number of nitrogens with one attached hydrogen (secondary N) is 1. The quantitative estimate of drug-likeness (QED) is 0.810. The Morgan fingerprint density at radius 2 is 1.82 bits per heavy atom. The van der Waals surface area contributed by atoms with Crippen LogP contribution < -0.4 is 4.72 Å². The van der Waals surface area contributed by atoms with E-state index in [9.17, 15) is 8.42 Å². The van der Waals surface area contributed by atoms with E-state index in [-0.39, 0.29) is 11.5 Å². The Kier molecular flexibility index (Phi) is 4.71. The molecule has 4 nitrogen and oxygen atoms in total. The van der Waals surface area contributed by atoms with Crippen LogP contribution in [0.1, 0.15) is 19.4 Å². The summed E-state index contributed by atoms with van der Waals surface area (Å²) in [5.41, 5.74) is 0.137. The molecular formula is C11H16BrNO3S. The fraction of sp³-hybridized carbons (Fsp3) is 0.455. The third kappa shape index (κ3) is 4.06. The van der Waals surface area contributed by atoms with Gasteiger partial charge in [0.2, 0.25) is 10.0 Å². The molecule has 0 aliphatic heterocycles. The lowest BCUT2D eigenvalue weighted by Gasteiger charge is -2.23. The van der Waals surface area contributed by atoms with E-state index in [0.717, 1.165) is 5.56 Å². The number of aliphatic hydroxyl groups is 1. The van der Waals surface area contributed by atoms with Gasteiger partial charge in [-0.3, -0.25) is 0 Å². The standard InChI is InChI=1S/C11H16BrNO3S/c1-11(2,8-14)13-17(15,16)10-5-3-9(7-12)4-6-10/h3-6,13-14H,7-8H2,1-2H3. The monoisotopic (exact) mass is 321 g/mol. The number of benzene rings is 1. The van der Waals surface area contributed by atoms with Crippen LogP contribution in [-0.4, -0.2) is 25.7 Å². The van der Waals surface area contributed by atoms with Gasteiger partial charge in [-0.2, -0.15) is 0 Å². The van der Waals surface area contributed by atoms with Crippen molar-refractivity contribution < 1.29 is 13.5 Å². The first-order chi connectivity index (χ1) is 7.80. The second-order valence-electron chi connectivity index (χ2n) is 4.43. The maximum absolute atomic E-state index is 12.0. The van der Waals surface area contributed by atoms with Gasteiger partial charge in [-0.05, 0) is 31.5 Å². The van der Waals surface area contributed by atoms with Gasteiger partial charge < -0.3 is 5.11 Å². The normalized spacial score (nSPS) is 12.7. The number of sulfonamides is 1. The molecular weight excluding hydrogens is 306 g/mol. The van der Waals surface area contributed by atoms with E-state index in [1.165, 1.54) is 0 Å². The van der Waals surface area contributed by atoms with Crippen molar-refractivity contribution >= 4 is 26.0 Å². The summed E-state index contributed by atoms with van der Waals surface area (Å²) in [7, 11) is -3.58. The van der Waals surface area contributed by atoms with Gasteiger partial charge in [0.05, 0.1) is 17.0 Å². The lowest BCUT2D eigenvalue weighted by molar-refractivity contribution is 0.208. The average Bonchev–Trinajstić information content (AvgIpc) is 2.28. The van der Waals surface area contributed by atoms with Crippen molar-refractivity contribution in [3.8, 4) is 0 Å². The van der Waals surface area contributed by atoms with E-state index in [4.69, 9.17) is 5.11 Å². The van der Waals surface area contributed by atoms with Crippen molar-refractivity contribution in [2.45, 2.75) is 29.6 Å². The minimum absolute atomic E-state index is 0.198. The second kappa shape index (κ2) is 5.48. The van der Waals surface area contributed by atoms with Crippen LogP contribution in [0.15, 0.2) is 29.2 Å². The van der Waals surface area contributed by atoms with Crippen molar-refractivity contribution in [2.75, 3.05) is 6.61 Å². The number of halogens is 1. The van der Waals surface area contributed by atoms with Crippen molar-refractivity contribution in [3.63, 3.8) is 0 Å². The molecule has 2 N–H and O–H groups in total. The predicted molar refractivity (Wildman–Crippen MR) is 70.6 cm³/mol. The molecule has 1 aromatic rings. The zero-order chi connectivity index (χ0) is 13.1. The molecule has 0 heterocycles. The smallest absolute Gasteiger partial charge is 0.241 e. The number of hydrogen-bond acceptors (Lipinski definition) is 3. The highest BCUT2D eigenvalue weighted by Gasteiger charge is 2.25. The zero-order valence-electron chi connectivity index (χ0n) is 9.77. The van der Waals surface area contributed by atoms with E-state index in [0.29, 0.717) is 5.33 Å². The van der Waals surface area contributed by atoms with Crippen molar-refractivity contribution in [1.82, 2.24) is 4.72 Å². The van der Waals surface area contributed by atoms with Gasteiger partial charge in [0, 0.05) is 5.33 Å². The van der Waals surface area contributed by atoms with Crippen LogP contribution in [-0.2, 0) is 15.4 Å². The molecule has 0 bridgehead atoms. The Balaban J connectivity index is 2.97. The summed E-state index contributed by atoms with van der Waals surface area (Å²) in [5, 5.41) is 9.74. The van der Waals surface area contributed by atoms with E-state index >= 15 is 0 Å². The molecule has 0 spiro atoms. The minimum Gasteiger partial charge on any atom is -0.394 e. The molecule has 1 rings (SSSR count). The molecule has 0 amide bonds. The molecule has 0 aliphatic carbocycles. The SMILES string of the molecule is CC(C)(CO)NS(=O)(=O)c1ccc(CBr)cc1. The molecule has 0 saturated carbocycles. The van der Waals surface area contributed by atoms with E-state index in [1.807, 2.05) is 0 Å². The Morgan fingerprint density at radius 1 is 1.29 bits per heavy atom. The van der Waals surface area contributed by atoms with Crippen molar-refractivity contribution in [2.24, 2.45) is 0 Å². The average molecular weight is 322 g/mol. The number of hydrogen-bond donors (Lipinski definition) is 2. The van der Waals surface area contributed by atoms with Gasteiger partial charge in [0.15, 0.2) is 0 Å². The van der Waals surface area contributed by atoms with Crippen LogP contribution in [0.25, 0.3) is 0 Å². The fourth-order valence-electron chi connectivity index (χ4n) is 1.21. The molecule has 0 aromatic heterocycles. The molecule has 0 aliphatic rings. The number of aliphatic hydroxyl groups excluding tert-OH is 1. The third-order valence-electron chi connectivity index (χ3n) is 2.19. The van der Waals surface area contributed by atoms with E-state index in [2.05, 4.69) is 20.7 Å². The van der Waals surface area contributed by atoms with Crippen LogP contribution in [0, 0.1) is 0 Å². The predicted octanol–water partition coefficient (Wildman–Crippen LogP) is 1.63. The summed E-state index contributed by atoms with van der Waals surface area (Å²) in [6, 6.07) is 6.59. The minimum atomic E-state index is -3.58. The van der Waals surface area contributed by atoms with Gasteiger partial charge >= 0.3 is 0 Å². The van der Waals surface area contributed by atoms with Crippen LogP contribution in [0.4, 0.5) is 0 Å². The lowest BCUT2D eigenvalue weighted by Crippen LogP contribution is -2.46. The summed E-state index contributed by atoms with van der Waals surface area (Å²) in [6.45, 7) is 2.99. The summed E-state index contributed by atoms with van der Waals surface area (Å²) in [5.74, 6) is 0. The zero-order valence-corrected chi connectivity index (χ0v) is 12.2. The highest BCUT2D eigenvalue weighted by Crippen LogP contribution is 2.15. The molecule has 0 atom stereocenters. The highest BCUT2D eigenvalue weighted by molar-refractivity contribution is 9.08. The fourth-order valence-corrected chi connectivity index (χ4v) is 2.99. The van der Waals surface area contributed by atoms with Gasteiger partial charge in [-0.25, -0.2) is 13.1 Å². The van der Waals surface area contributed by atoms with Crippen LogP contribution >= 0.6 is 15.9 Å². The molecule has 6 heteroatoms. The van der Waals surface area contributed by atoms with Gasteiger partial charge in [-0.1, -0.05) is 28.1 Å². The maximum atomic E-state index is 12.0. The molecule has 0 saturated heterocycles. The largest absolute Gasteiger partial charge is 0.394 e. The van der Waals surface area contributed by atoms with Gasteiger partial charge in [0.25, 0.3) is 0 Å². The lowest BCUT2D eigenvalue weighted by atomic mass is 10.1. The van der Waals surface area contributed by atoms with Crippen molar-refractivity contribution in [1.29, 1.82) is 0 Å². The second-order valence-corrected chi connectivity index (χ2v) is 6.67. The Morgan fingerprint density at radius 3 is 2.24 bits per heavy atom. The Hall–Kier alpha value is -0.430. The van der Waals surface area contributed by atoms with E-state index in [1.54, 1.807) is 38.1 Å². The third-order valence-corrected chi connectivity index (χ3v) is 4.56. The summed E-state index contributed by atoms with van der Waals surface area (Å²) < 4.78 is 26.4. The first-order valence-electron chi connectivity index (χ1n) is 5.10. The van der Waals surface area contributed by atoms with Crippen LogP contribution in [0.3, 0.4) is 0 Å². The first-order valence-corrected chi connectivity index (χ1v) is 7.71. The molecule has 0 fully saturated rings. The van der Waals surface area contributed by atoms with Crippen molar-refractivity contribution in [3.05, 3.63) is 29.8 Å². The first kappa shape index (κ1) is 14.6. The molecule has 1 aromatic carbocycles. The van der Waals surface area contributed by atoms with Gasteiger partial charge in [0.1, 0.15) is 0 Å². The summed E-state index contributed by atoms with van der Waals surface area (Å²) >= 11 is 3.29. The van der Waals surface area contributed by atoms with Crippen LogP contribution in [0.5, 0.6) is 0 Å². The topological polar surface area (TPSA) is 66.4 Å². The summed E-state index contributed by atoms with van der Waals surface area (Å²) in [6.07, 6.45) is 0. The molecule has 0 unspecified atom stereocenters.